The second-order valence-electron chi connectivity index (χ2n) is 12.0. The molecular formula is C30H46O3. The molecule has 3 nitrogen and oxygen atoms in total. The number of fused-ring (bicyclic) bond motifs is 5. The van der Waals surface area contributed by atoms with Crippen LogP contribution < -0.4 is 0 Å². The number of aliphatic hydroxyl groups is 1. The summed E-state index contributed by atoms with van der Waals surface area (Å²) in [5, 5.41) is 10.5. The van der Waals surface area contributed by atoms with Crippen LogP contribution in [0.4, 0.5) is 0 Å². The van der Waals surface area contributed by atoms with Crippen molar-refractivity contribution in [3.63, 3.8) is 0 Å². The number of allylic oxidation sites excluding steroid dienone is 4. The SMILES string of the molecule is CCC=C[C@H]1CC[C@H]2[C@@H]3CCC4=C[C@@H](O)CC[C@]4(COC(C)OC4=CCCC4)[C@H]3CC[C@]12C. The molecule has 5 rings (SSSR count). The Morgan fingerprint density at radius 1 is 1.12 bits per heavy atom. The second-order valence-corrected chi connectivity index (χ2v) is 12.0. The van der Waals surface area contributed by atoms with Crippen LogP contribution in [0, 0.1) is 34.5 Å². The summed E-state index contributed by atoms with van der Waals surface area (Å²) in [7, 11) is 0. The van der Waals surface area contributed by atoms with Crippen molar-refractivity contribution in [2.24, 2.45) is 34.5 Å². The Bertz CT molecular complexity index is 796. The molecule has 0 aromatic carbocycles. The Labute approximate surface area is 201 Å². The average Bonchev–Trinajstić information content (AvgIpc) is 3.43. The highest BCUT2D eigenvalue weighted by Gasteiger charge is 2.59. The van der Waals surface area contributed by atoms with E-state index in [9.17, 15) is 5.11 Å². The molecule has 3 fully saturated rings. The highest BCUT2D eigenvalue weighted by atomic mass is 16.7. The average molecular weight is 455 g/mol. The molecule has 0 aromatic heterocycles. The van der Waals surface area contributed by atoms with Crippen LogP contribution in [-0.4, -0.2) is 24.1 Å². The summed E-state index contributed by atoms with van der Waals surface area (Å²) >= 11 is 0. The van der Waals surface area contributed by atoms with Crippen LogP contribution in [0.15, 0.2) is 35.6 Å². The zero-order valence-electron chi connectivity index (χ0n) is 21.2. The standard InChI is InChI=1S/C30H46O3/c1-4-5-8-22-12-14-27-26-13-11-23-19-24(31)15-18-30(23,28(26)16-17-29(22,27)3)20-32-21(2)33-25-9-6-7-10-25/h5,8-9,19,21-22,24,26-28,31H,4,6-7,10-18,20H2,1-3H3/t21?,22-,24-,26-,27-,28-,29+,30+/m0/s1. The molecule has 0 heterocycles. The minimum Gasteiger partial charge on any atom is -0.470 e. The van der Waals surface area contributed by atoms with Gasteiger partial charge in [0.15, 0.2) is 6.29 Å². The predicted octanol–water partition coefficient (Wildman–Crippen LogP) is 7.32. The van der Waals surface area contributed by atoms with E-state index >= 15 is 0 Å². The van der Waals surface area contributed by atoms with Crippen LogP contribution in [0.1, 0.15) is 97.8 Å². The van der Waals surface area contributed by atoms with Crippen molar-refractivity contribution in [3.05, 3.63) is 35.6 Å². The summed E-state index contributed by atoms with van der Waals surface area (Å²) in [4.78, 5) is 0. The topological polar surface area (TPSA) is 38.7 Å². The van der Waals surface area contributed by atoms with Gasteiger partial charge in [-0.05, 0) is 113 Å². The second kappa shape index (κ2) is 9.53. The highest BCUT2D eigenvalue weighted by molar-refractivity contribution is 5.27. The van der Waals surface area contributed by atoms with Gasteiger partial charge in [-0.25, -0.2) is 0 Å². The number of hydrogen-bond donors (Lipinski definition) is 1. The summed E-state index contributed by atoms with van der Waals surface area (Å²) in [5.74, 6) is 4.20. The lowest BCUT2D eigenvalue weighted by Gasteiger charge is -2.59. The molecule has 0 saturated heterocycles. The third kappa shape index (κ3) is 4.27. The predicted molar refractivity (Wildman–Crippen MR) is 133 cm³/mol. The molecule has 0 radical (unpaired) electrons. The van der Waals surface area contributed by atoms with Gasteiger partial charge in [0.1, 0.15) is 0 Å². The van der Waals surface area contributed by atoms with E-state index < -0.39 is 0 Å². The first-order chi connectivity index (χ1) is 16.0. The molecule has 33 heavy (non-hydrogen) atoms. The molecule has 1 unspecified atom stereocenters. The largest absolute Gasteiger partial charge is 0.470 e. The summed E-state index contributed by atoms with van der Waals surface area (Å²) < 4.78 is 12.6. The molecule has 0 aromatic rings. The van der Waals surface area contributed by atoms with E-state index in [1.54, 1.807) is 0 Å². The number of rotatable bonds is 7. The zero-order valence-corrected chi connectivity index (χ0v) is 21.2. The van der Waals surface area contributed by atoms with E-state index in [1.165, 1.54) is 44.1 Å². The maximum absolute atomic E-state index is 10.5. The molecule has 0 bridgehead atoms. The normalized spacial score (nSPS) is 43.5. The third-order valence-corrected chi connectivity index (χ3v) is 10.4. The quantitative estimate of drug-likeness (QED) is 0.323. The summed E-state index contributed by atoms with van der Waals surface area (Å²) in [5.41, 5.74) is 2.07. The lowest BCUT2D eigenvalue weighted by atomic mass is 9.46. The molecule has 0 amide bonds. The van der Waals surface area contributed by atoms with Crippen molar-refractivity contribution in [1.29, 1.82) is 0 Å². The van der Waals surface area contributed by atoms with Gasteiger partial charge in [-0.1, -0.05) is 37.6 Å². The van der Waals surface area contributed by atoms with Crippen LogP contribution in [0.2, 0.25) is 0 Å². The van der Waals surface area contributed by atoms with E-state index in [0.717, 1.165) is 68.6 Å². The van der Waals surface area contributed by atoms with Gasteiger partial charge in [0.2, 0.25) is 0 Å². The molecule has 8 atom stereocenters. The molecule has 0 aliphatic heterocycles. The first kappa shape index (κ1) is 23.7. The molecule has 5 aliphatic rings. The summed E-state index contributed by atoms with van der Waals surface area (Å²) in [6, 6.07) is 0. The maximum Gasteiger partial charge on any atom is 0.196 e. The van der Waals surface area contributed by atoms with Crippen LogP contribution in [0.5, 0.6) is 0 Å². The van der Waals surface area contributed by atoms with Gasteiger partial charge >= 0.3 is 0 Å². The van der Waals surface area contributed by atoms with Crippen molar-refractivity contribution in [3.8, 4) is 0 Å². The fourth-order valence-electron chi connectivity index (χ4n) is 8.69. The summed E-state index contributed by atoms with van der Waals surface area (Å²) in [6.07, 6.45) is 23.3. The van der Waals surface area contributed by atoms with E-state index in [4.69, 9.17) is 9.47 Å². The van der Waals surface area contributed by atoms with Gasteiger partial charge in [0, 0.05) is 11.8 Å². The molecule has 3 saturated carbocycles. The van der Waals surface area contributed by atoms with Crippen LogP contribution in [0.25, 0.3) is 0 Å². The lowest BCUT2D eigenvalue weighted by Crippen LogP contribution is -2.53. The Balaban J connectivity index is 1.36. The minimum atomic E-state index is -0.272. The van der Waals surface area contributed by atoms with Gasteiger partial charge in [-0.2, -0.15) is 0 Å². The first-order valence-electron chi connectivity index (χ1n) is 14.0. The molecular weight excluding hydrogens is 408 g/mol. The van der Waals surface area contributed by atoms with Crippen molar-refractivity contribution in [2.75, 3.05) is 6.61 Å². The van der Waals surface area contributed by atoms with Crippen molar-refractivity contribution in [2.45, 2.75) is 110 Å². The molecule has 1 N–H and O–H groups in total. The Kier molecular flexibility index (Phi) is 6.84. The number of ether oxygens (including phenoxy) is 2. The van der Waals surface area contributed by atoms with E-state index in [-0.39, 0.29) is 17.8 Å². The van der Waals surface area contributed by atoms with Crippen LogP contribution in [-0.2, 0) is 9.47 Å². The van der Waals surface area contributed by atoms with E-state index in [1.807, 2.05) is 0 Å². The van der Waals surface area contributed by atoms with Gasteiger partial charge in [-0.15, -0.1) is 0 Å². The van der Waals surface area contributed by atoms with Gasteiger partial charge < -0.3 is 14.6 Å². The lowest BCUT2D eigenvalue weighted by molar-refractivity contribution is -0.154. The minimum absolute atomic E-state index is 0.0997. The fraction of sp³-hybridized carbons (Fsp3) is 0.800. The van der Waals surface area contributed by atoms with Gasteiger partial charge in [0.25, 0.3) is 0 Å². The molecule has 0 spiro atoms. The van der Waals surface area contributed by atoms with Crippen molar-refractivity contribution >= 4 is 0 Å². The van der Waals surface area contributed by atoms with Crippen molar-refractivity contribution in [1.82, 2.24) is 0 Å². The number of aliphatic hydroxyl groups excluding tert-OH is 1. The third-order valence-electron chi connectivity index (χ3n) is 10.4. The maximum atomic E-state index is 10.5. The number of hydrogen-bond acceptors (Lipinski definition) is 3. The molecule has 184 valence electrons. The Morgan fingerprint density at radius 2 is 2.00 bits per heavy atom. The Morgan fingerprint density at radius 3 is 2.79 bits per heavy atom. The fourth-order valence-corrected chi connectivity index (χ4v) is 8.69. The zero-order chi connectivity index (χ0) is 23.1. The monoisotopic (exact) mass is 454 g/mol. The van der Waals surface area contributed by atoms with Gasteiger partial charge in [0.05, 0.1) is 18.5 Å². The summed E-state index contributed by atoms with van der Waals surface area (Å²) in [6.45, 7) is 7.68. The smallest absolute Gasteiger partial charge is 0.196 e. The molecule has 5 aliphatic carbocycles. The first-order valence-corrected chi connectivity index (χ1v) is 14.0. The Hall–Kier alpha value is -1.06. The highest BCUT2D eigenvalue weighted by Crippen LogP contribution is 2.67. The van der Waals surface area contributed by atoms with Gasteiger partial charge in [-0.3, -0.25) is 0 Å². The van der Waals surface area contributed by atoms with E-state index in [2.05, 4.69) is 45.1 Å². The van der Waals surface area contributed by atoms with Crippen LogP contribution >= 0.6 is 0 Å². The van der Waals surface area contributed by atoms with Crippen molar-refractivity contribution < 1.29 is 14.6 Å². The van der Waals surface area contributed by atoms with Crippen LogP contribution in [0.3, 0.4) is 0 Å². The van der Waals surface area contributed by atoms with E-state index in [0.29, 0.717) is 11.3 Å². The molecule has 3 heteroatoms.